The van der Waals surface area contributed by atoms with E-state index in [0.29, 0.717) is 58.6 Å². The van der Waals surface area contributed by atoms with Gasteiger partial charge in [-0.15, -0.1) is 0 Å². The molecule has 41 heavy (non-hydrogen) atoms. The van der Waals surface area contributed by atoms with Gasteiger partial charge >= 0.3 is 0 Å². The minimum absolute atomic E-state index is 0.0198. The number of piperidine rings is 1. The Balaban J connectivity index is 1.77. The van der Waals surface area contributed by atoms with Crippen molar-refractivity contribution < 1.29 is 14.0 Å². The number of benzene rings is 2. The number of aldehydes is 1. The molecule has 2 fully saturated rings. The number of rotatable bonds is 13. The van der Waals surface area contributed by atoms with Crippen LogP contribution < -0.4 is 0 Å². The lowest BCUT2D eigenvalue weighted by Gasteiger charge is -2.51. The van der Waals surface area contributed by atoms with Gasteiger partial charge in [0.05, 0.1) is 11.5 Å². The fourth-order valence-electron chi connectivity index (χ4n) is 7.72. The SMILES string of the molecule is CC(C)[Si](OCCC1(CC=O)C[C@H](c2cccc(Cl)c2)[C@@H](c2ccc(Cl)cc2)N(CC2CC2)C1=O)(C(C)C)C(C)C. The maximum absolute atomic E-state index is 14.7. The molecule has 1 saturated heterocycles. The van der Waals surface area contributed by atoms with Gasteiger partial charge in [0, 0.05) is 35.5 Å². The Morgan fingerprint density at radius 1 is 0.951 bits per heavy atom. The third kappa shape index (κ3) is 6.79. The van der Waals surface area contributed by atoms with Crippen LogP contribution >= 0.6 is 23.2 Å². The summed E-state index contributed by atoms with van der Waals surface area (Å²) in [5.41, 5.74) is 2.69. The Bertz CT molecular complexity index is 1170. The van der Waals surface area contributed by atoms with Crippen molar-refractivity contribution in [1.29, 1.82) is 0 Å². The van der Waals surface area contributed by atoms with Crippen molar-refractivity contribution in [3.63, 3.8) is 0 Å². The number of carbonyl (C=O) groups excluding carboxylic acids is 2. The van der Waals surface area contributed by atoms with E-state index in [-0.39, 0.29) is 24.3 Å². The molecule has 0 bridgehead atoms. The summed E-state index contributed by atoms with van der Waals surface area (Å²) in [6.45, 7) is 14.9. The average molecular weight is 617 g/mol. The molecule has 1 amide bonds. The molecule has 2 aromatic carbocycles. The molecular weight excluding hydrogens is 569 g/mol. The van der Waals surface area contributed by atoms with Crippen molar-refractivity contribution in [2.75, 3.05) is 13.2 Å². The molecule has 3 atom stereocenters. The summed E-state index contributed by atoms with van der Waals surface area (Å²) in [4.78, 5) is 29.1. The van der Waals surface area contributed by atoms with Gasteiger partial charge in [-0.25, -0.2) is 0 Å². The van der Waals surface area contributed by atoms with Crippen LogP contribution in [0, 0.1) is 11.3 Å². The zero-order valence-electron chi connectivity index (χ0n) is 25.5. The number of amides is 1. The molecule has 7 heteroatoms. The molecule has 1 aliphatic heterocycles. The summed E-state index contributed by atoms with van der Waals surface area (Å²) in [6.07, 6.45) is 4.52. The van der Waals surface area contributed by atoms with Crippen LogP contribution in [0.15, 0.2) is 48.5 Å². The molecule has 1 unspecified atom stereocenters. The number of halogens is 2. The highest BCUT2D eigenvalue weighted by atomic mass is 35.5. The summed E-state index contributed by atoms with van der Waals surface area (Å²) in [6, 6.07) is 15.7. The second-order valence-corrected chi connectivity index (χ2v) is 19.7. The molecule has 2 aliphatic rings. The van der Waals surface area contributed by atoms with Gasteiger partial charge in [0.25, 0.3) is 0 Å². The van der Waals surface area contributed by atoms with E-state index in [1.165, 1.54) is 0 Å². The molecule has 224 valence electrons. The first-order chi connectivity index (χ1) is 19.4. The van der Waals surface area contributed by atoms with Crippen LogP contribution in [0.1, 0.15) is 96.7 Å². The van der Waals surface area contributed by atoms with Crippen LogP contribution in [0.4, 0.5) is 0 Å². The normalized spacial score (nSPS) is 23.6. The molecule has 1 saturated carbocycles. The smallest absolute Gasteiger partial charge is 0.229 e. The Morgan fingerprint density at radius 2 is 1.59 bits per heavy atom. The summed E-state index contributed by atoms with van der Waals surface area (Å²) in [7, 11) is -2.13. The highest BCUT2D eigenvalue weighted by Gasteiger charge is 2.53. The van der Waals surface area contributed by atoms with Gasteiger partial charge in [0.2, 0.25) is 5.91 Å². The predicted molar refractivity (Wildman–Crippen MR) is 172 cm³/mol. The first-order valence-corrected chi connectivity index (χ1v) is 18.2. The average Bonchev–Trinajstić information content (AvgIpc) is 3.73. The van der Waals surface area contributed by atoms with Gasteiger partial charge < -0.3 is 14.1 Å². The lowest BCUT2D eigenvalue weighted by molar-refractivity contribution is -0.155. The molecule has 0 aromatic heterocycles. The Kier molecular flexibility index (Phi) is 10.5. The van der Waals surface area contributed by atoms with Crippen molar-refractivity contribution in [1.82, 2.24) is 4.90 Å². The van der Waals surface area contributed by atoms with E-state index in [9.17, 15) is 9.59 Å². The van der Waals surface area contributed by atoms with Gasteiger partial charge in [0.1, 0.15) is 6.29 Å². The summed E-state index contributed by atoms with van der Waals surface area (Å²) in [5.74, 6) is 0.567. The molecular formula is C34H47Cl2NO3Si. The number of hydrogen-bond donors (Lipinski definition) is 0. The van der Waals surface area contributed by atoms with E-state index in [1.807, 2.05) is 42.5 Å². The monoisotopic (exact) mass is 615 g/mol. The Morgan fingerprint density at radius 3 is 2.12 bits per heavy atom. The van der Waals surface area contributed by atoms with Crippen LogP contribution in [0.3, 0.4) is 0 Å². The zero-order chi connectivity index (χ0) is 29.9. The number of hydrogen-bond acceptors (Lipinski definition) is 3. The first-order valence-electron chi connectivity index (χ1n) is 15.3. The van der Waals surface area contributed by atoms with Crippen LogP contribution in [0.5, 0.6) is 0 Å². The highest BCUT2D eigenvalue weighted by Crippen LogP contribution is 2.54. The molecule has 0 N–H and O–H groups in total. The van der Waals surface area contributed by atoms with Gasteiger partial charge in [-0.05, 0) is 83.6 Å². The molecule has 0 spiro atoms. The van der Waals surface area contributed by atoms with Gasteiger partial charge in [-0.3, -0.25) is 4.79 Å². The second-order valence-electron chi connectivity index (χ2n) is 13.3. The van der Waals surface area contributed by atoms with E-state index in [2.05, 4.69) is 52.5 Å². The fourth-order valence-corrected chi connectivity index (χ4v) is 13.5. The Hall–Kier alpha value is -1.66. The topological polar surface area (TPSA) is 46.6 Å². The standard InChI is InChI=1S/C34H47Cl2NO3Si/c1-23(2)41(24(3)4,25(5)6)40-19-17-34(16-18-38)21-31(28-8-7-9-30(36)20-28)32(27-12-14-29(35)15-13-27)37(33(34)39)22-26-10-11-26/h7-9,12-15,18,20,23-26,31-32H,10-11,16-17,19,21-22H2,1-6H3/t31-,32-,34?/m1/s1. The van der Waals surface area contributed by atoms with Crippen molar-refractivity contribution in [3.05, 3.63) is 69.7 Å². The molecule has 2 aromatic rings. The van der Waals surface area contributed by atoms with E-state index < -0.39 is 13.7 Å². The minimum atomic E-state index is -2.13. The Labute approximate surface area is 258 Å². The third-order valence-corrected chi connectivity index (χ3v) is 16.4. The number of nitrogens with zero attached hydrogens (tertiary/aromatic N) is 1. The van der Waals surface area contributed by atoms with E-state index in [0.717, 1.165) is 30.3 Å². The summed E-state index contributed by atoms with van der Waals surface area (Å²) >= 11 is 12.8. The van der Waals surface area contributed by atoms with Crippen LogP contribution in [-0.4, -0.2) is 38.6 Å². The van der Waals surface area contributed by atoms with Crippen molar-refractivity contribution in [3.8, 4) is 0 Å². The van der Waals surface area contributed by atoms with Gasteiger partial charge in [-0.2, -0.15) is 0 Å². The largest absolute Gasteiger partial charge is 0.416 e. The molecule has 0 radical (unpaired) electrons. The lowest BCUT2D eigenvalue weighted by Crippen LogP contribution is -2.55. The summed E-state index contributed by atoms with van der Waals surface area (Å²) < 4.78 is 6.97. The molecule has 1 heterocycles. The maximum atomic E-state index is 14.7. The highest BCUT2D eigenvalue weighted by molar-refractivity contribution is 6.77. The van der Waals surface area contributed by atoms with Gasteiger partial charge in [-0.1, -0.05) is 89.0 Å². The van der Waals surface area contributed by atoms with E-state index in [1.54, 1.807) is 0 Å². The van der Waals surface area contributed by atoms with Crippen LogP contribution in [0.25, 0.3) is 0 Å². The lowest BCUT2D eigenvalue weighted by atomic mass is 9.65. The van der Waals surface area contributed by atoms with E-state index in [4.69, 9.17) is 27.6 Å². The quantitative estimate of drug-likeness (QED) is 0.166. The third-order valence-electron chi connectivity index (χ3n) is 9.80. The van der Waals surface area contributed by atoms with E-state index >= 15 is 0 Å². The van der Waals surface area contributed by atoms with Gasteiger partial charge in [0.15, 0.2) is 8.32 Å². The zero-order valence-corrected chi connectivity index (χ0v) is 28.0. The molecule has 4 rings (SSSR count). The first kappa shape index (κ1) is 32.3. The van der Waals surface area contributed by atoms with Crippen LogP contribution in [-0.2, 0) is 14.0 Å². The van der Waals surface area contributed by atoms with Crippen molar-refractivity contribution >= 4 is 43.7 Å². The van der Waals surface area contributed by atoms with Crippen molar-refractivity contribution in [2.24, 2.45) is 11.3 Å². The maximum Gasteiger partial charge on any atom is 0.229 e. The minimum Gasteiger partial charge on any atom is -0.416 e. The second kappa shape index (κ2) is 13.3. The summed E-state index contributed by atoms with van der Waals surface area (Å²) in [5, 5.41) is 1.35. The van der Waals surface area contributed by atoms with Crippen LogP contribution in [0.2, 0.25) is 26.7 Å². The molecule has 4 nitrogen and oxygen atoms in total. The van der Waals surface area contributed by atoms with Crippen molar-refractivity contribution in [2.45, 2.75) is 102 Å². The number of likely N-dealkylation sites (tertiary alicyclic amines) is 1. The number of carbonyl (C=O) groups is 2. The predicted octanol–water partition coefficient (Wildman–Crippen LogP) is 9.62. The fraction of sp³-hybridized carbons (Fsp3) is 0.588. The molecule has 1 aliphatic carbocycles.